The number of thioether (sulfide) groups is 1. The van der Waals surface area contributed by atoms with Crippen molar-refractivity contribution in [1.29, 1.82) is 0 Å². The molecule has 0 amide bonds. The van der Waals surface area contributed by atoms with Gasteiger partial charge in [0.1, 0.15) is 18.5 Å². The van der Waals surface area contributed by atoms with Crippen molar-refractivity contribution in [3.05, 3.63) is 24.3 Å². The molecule has 0 aliphatic rings. The van der Waals surface area contributed by atoms with E-state index in [0.29, 0.717) is 18.4 Å². The Kier molecular flexibility index (Phi) is 10.6. The van der Waals surface area contributed by atoms with Gasteiger partial charge in [-0.05, 0) is 44.5 Å². The van der Waals surface area contributed by atoms with Crippen molar-refractivity contribution in [1.82, 2.24) is 5.32 Å². The Bertz CT molecular complexity index is 459. The summed E-state index contributed by atoms with van der Waals surface area (Å²) >= 11 is 1.84. The lowest BCUT2D eigenvalue weighted by atomic mass is 9.96. The molecule has 0 radical (unpaired) electrons. The van der Waals surface area contributed by atoms with Crippen molar-refractivity contribution in [3.63, 3.8) is 0 Å². The van der Waals surface area contributed by atoms with Crippen LogP contribution < -0.4 is 10.1 Å². The van der Waals surface area contributed by atoms with E-state index in [9.17, 15) is 5.11 Å². The maximum Gasteiger partial charge on any atom is 0.119 e. The lowest BCUT2D eigenvalue weighted by molar-refractivity contribution is 0.0979. The van der Waals surface area contributed by atoms with E-state index in [-0.39, 0.29) is 5.54 Å². The second-order valence-electron chi connectivity index (χ2n) is 7.68. The van der Waals surface area contributed by atoms with Crippen molar-refractivity contribution >= 4 is 11.8 Å². The Morgan fingerprint density at radius 1 is 1.12 bits per heavy atom. The Balaban J connectivity index is 2.26. The maximum absolute atomic E-state index is 10.2. The molecule has 2 N–H and O–H groups in total. The minimum Gasteiger partial charge on any atom is -0.491 e. The van der Waals surface area contributed by atoms with Crippen molar-refractivity contribution in [2.24, 2.45) is 0 Å². The minimum absolute atomic E-state index is 0.0600. The second-order valence-corrected chi connectivity index (χ2v) is 9.33. The number of aliphatic hydroxyl groups excluding tert-OH is 1. The lowest BCUT2D eigenvalue weighted by Crippen LogP contribution is -2.44. The third-order valence-corrected chi connectivity index (χ3v) is 5.13. The fraction of sp³-hybridized carbons (Fsp3) is 0.714. The Labute approximate surface area is 158 Å². The number of aliphatic hydroxyl groups is 1. The molecule has 25 heavy (non-hydrogen) atoms. The highest BCUT2D eigenvalue weighted by atomic mass is 32.2. The molecule has 0 saturated carbocycles. The molecule has 1 atom stereocenters. The van der Waals surface area contributed by atoms with Gasteiger partial charge in [0.2, 0.25) is 0 Å². The van der Waals surface area contributed by atoms with Gasteiger partial charge in [0.05, 0.1) is 0 Å². The van der Waals surface area contributed by atoms with E-state index in [1.54, 1.807) is 0 Å². The van der Waals surface area contributed by atoms with Crippen LogP contribution in [0, 0.1) is 0 Å². The minimum atomic E-state index is -0.500. The average Bonchev–Trinajstić information content (AvgIpc) is 2.56. The van der Waals surface area contributed by atoms with E-state index < -0.39 is 6.10 Å². The third kappa shape index (κ3) is 10.8. The number of β-amino-alcohol motifs (C(OH)–C–C–N with tert-alkyl or cyclic N) is 1. The molecule has 0 spiro atoms. The van der Waals surface area contributed by atoms with Crippen LogP contribution in [0.15, 0.2) is 29.2 Å². The van der Waals surface area contributed by atoms with Crippen LogP contribution in [0.1, 0.15) is 66.7 Å². The van der Waals surface area contributed by atoms with Crippen molar-refractivity contribution in [3.8, 4) is 5.75 Å². The summed E-state index contributed by atoms with van der Waals surface area (Å²) in [4.78, 5) is 1.24. The SMILES string of the molecule is CCCCCCC(C)(C)NCC(O)COc1ccc(SC(C)C)cc1. The molecular weight excluding hydrogens is 330 g/mol. The molecule has 0 fully saturated rings. The molecule has 0 aromatic heterocycles. The number of hydrogen-bond acceptors (Lipinski definition) is 4. The lowest BCUT2D eigenvalue weighted by Gasteiger charge is -2.28. The van der Waals surface area contributed by atoms with Gasteiger partial charge in [-0.2, -0.15) is 0 Å². The first-order valence-electron chi connectivity index (χ1n) is 9.65. The van der Waals surface area contributed by atoms with Gasteiger partial charge in [-0.25, -0.2) is 0 Å². The van der Waals surface area contributed by atoms with Gasteiger partial charge < -0.3 is 15.2 Å². The highest BCUT2D eigenvalue weighted by Gasteiger charge is 2.18. The molecule has 4 heteroatoms. The van der Waals surface area contributed by atoms with E-state index >= 15 is 0 Å². The van der Waals surface area contributed by atoms with E-state index in [2.05, 4.69) is 52.1 Å². The van der Waals surface area contributed by atoms with Crippen LogP contribution in [0.25, 0.3) is 0 Å². The van der Waals surface area contributed by atoms with Crippen LogP contribution in [0.5, 0.6) is 5.75 Å². The second kappa shape index (κ2) is 11.8. The molecule has 0 aliphatic carbocycles. The highest BCUT2D eigenvalue weighted by molar-refractivity contribution is 7.99. The molecule has 0 saturated heterocycles. The molecule has 1 aromatic rings. The summed E-state index contributed by atoms with van der Waals surface area (Å²) in [7, 11) is 0. The third-order valence-electron chi connectivity index (χ3n) is 4.11. The fourth-order valence-corrected chi connectivity index (χ4v) is 3.45. The Hall–Kier alpha value is -0.710. The maximum atomic E-state index is 10.2. The van der Waals surface area contributed by atoms with Gasteiger partial charge in [0, 0.05) is 22.2 Å². The zero-order valence-electron chi connectivity index (χ0n) is 16.7. The zero-order valence-corrected chi connectivity index (χ0v) is 17.5. The first kappa shape index (κ1) is 22.3. The molecule has 0 aliphatic heterocycles. The van der Waals surface area contributed by atoms with Gasteiger partial charge >= 0.3 is 0 Å². The normalized spacial score (nSPS) is 13.2. The molecule has 1 aromatic carbocycles. The number of benzene rings is 1. The number of unbranched alkanes of at least 4 members (excludes halogenated alkanes) is 3. The number of ether oxygens (including phenoxy) is 1. The van der Waals surface area contributed by atoms with E-state index in [1.807, 2.05) is 23.9 Å². The summed E-state index contributed by atoms with van der Waals surface area (Å²) in [5.74, 6) is 0.811. The molecule has 3 nitrogen and oxygen atoms in total. The van der Waals surface area contributed by atoms with Gasteiger partial charge in [0.25, 0.3) is 0 Å². The summed E-state index contributed by atoms with van der Waals surface area (Å²) < 4.78 is 5.71. The molecule has 144 valence electrons. The molecular formula is C21H37NO2S. The molecule has 0 heterocycles. The highest BCUT2D eigenvalue weighted by Crippen LogP contribution is 2.25. The largest absolute Gasteiger partial charge is 0.491 e. The first-order chi connectivity index (χ1) is 11.8. The quantitative estimate of drug-likeness (QED) is 0.368. The first-order valence-corrected chi connectivity index (χ1v) is 10.5. The smallest absolute Gasteiger partial charge is 0.119 e. The number of hydrogen-bond donors (Lipinski definition) is 2. The van der Waals surface area contributed by atoms with E-state index in [4.69, 9.17) is 4.74 Å². The summed E-state index contributed by atoms with van der Waals surface area (Å²) in [6.07, 6.45) is 5.73. The van der Waals surface area contributed by atoms with E-state index in [0.717, 1.165) is 12.2 Å². The topological polar surface area (TPSA) is 41.5 Å². The molecule has 1 rings (SSSR count). The van der Waals surface area contributed by atoms with Crippen LogP contribution in [0.2, 0.25) is 0 Å². The van der Waals surface area contributed by atoms with Crippen LogP contribution in [0.4, 0.5) is 0 Å². The van der Waals surface area contributed by atoms with Crippen molar-refractivity contribution in [2.45, 2.75) is 88.5 Å². The van der Waals surface area contributed by atoms with Crippen LogP contribution in [-0.4, -0.2) is 35.2 Å². The van der Waals surface area contributed by atoms with Crippen LogP contribution in [-0.2, 0) is 0 Å². The Morgan fingerprint density at radius 3 is 2.40 bits per heavy atom. The van der Waals surface area contributed by atoms with Gasteiger partial charge in [-0.15, -0.1) is 11.8 Å². The fourth-order valence-electron chi connectivity index (χ4n) is 2.61. The summed E-state index contributed by atoms with van der Waals surface area (Å²) in [5.41, 5.74) is 0.0600. The Morgan fingerprint density at radius 2 is 1.80 bits per heavy atom. The number of nitrogens with one attached hydrogen (secondary N) is 1. The summed E-state index contributed by atoms with van der Waals surface area (Å²) in [5, 5.41) is 14.2. The van der Waals surface area contributed by atoms with Crippen LogP contribution in [0.3, 0.4) is 0 Å². The van der Waals surface area contributed by atoms with Crippen LogP contribution >= 0.6 is 11.8 Å². The summed E-state index contributed by atoms with van der Waals surface area (Å²) in [6, 6.07) is 8.10. The van der Waals surface area contributed by atoms with E-state index in [1.165, 1.54) is 30.6 Å². The van der Waals surface area contributed by atoms with Gasteiger partial charge in [-0.1, -0.05) is 46.5 Å². The van der Waals surface area contributed by atoms with Crippen molar-refractivity contribution in [2.75, 3.05) is 13.2 Å². The van der Waals surface area contributed by atoms with Gasteiger partial charge in [-0.3, -0.25) is 0 Å². The standard InChI is InChI=1S/C21H37NO2S/c1-6-7-8-9-14-21(4,5)22-15-18(23)16-24-19-10-12-20(13-11-19)25-17(2)3/h10-13,17-18,22-23H,6-9,14-16H2,1-5H3. The molecule has 1 unspecified atom stereocenters. The van der Waals surface area contributed by atoms with Gasteiger partial charge in [0.15, 0.2) is 0 Å². The number of rotatable bonds is 13. The predicted octanol–water partition coefficient (Wildman–Crippen LogP) is 5.27. The monoisotopic (exact) mass is 367 g/mol. The average molecular weight is 368 g/mol. The predicted molar refractivity (Wildman–Crippen MR) is 110 cm³/mol. The molecule has 0 bridgehead atoms. The zero-order chi connectivity index (χ0) is 18.7. The van der Waals surface area contributed by atoms with Crippen molar-refractivity contribution < 1.29 is 9.84 Å². The summed E-state index contributed by atoms with van der Waals surface area (Å²) in [6.45, 7) is 11.9.